The average Bonchev–Trinajstić information content (AvgIpc) is 3.28. The number of carbonyl (C=O) groups excluding carboxylic acids is 1. The minimum atomic E-state index is -0.391. The van der Waals surface area contributed by atoms with Gasteiger partial charge in [-0.1, -0.05) is 48.5 Å². The highest BCUT2D eigenvalue weighted by molar-refractivity contribution is 5.87. The summed E-state index contributed by atoms with van der Waals surface area (Å²) in [7, 11) is 0. The van der Waals surface area contributed by atoms with Crippen molar-refractivity contribution in [2.45, 2.75) is 18.6 Å². The number of para-hydroxylation sites is 1. The van der Waals surface area contributed by atoms with Gasteiger partial charge in [0.2, 0.25) is 5.91 Å². The van der Waals surface area contributed by atoms with Gasteiger partial charge in [-0.2, -0.15) is 0 Å². The van der Waals surface area contributed by atoms with Gasteiger partial charge < -0.3 is 20.6 Å². The number of anilines is 1. The monoisotopic (exact) mass is 423 g/mol. The minimum Gasteiger partial charge on any atom is -0.391 e. The molecule has 2 heterocycles. The highest BCUT2D eigenvalue weighted by Crippen LogP contribution is 2.35. The summed E-state index contributed by atoms with van der Waals surface area (Å²) in [6, 6.07) is 17.9. The fraction of sp³-hybridized carbons (Fsp3) is 0.381. The van der Waals surface area contributed by atoms with Crippen molar-refractivity contribution in [3.63, 3.8) is 0 Å². The average molecular weight is 424 g/mol. The lowest BCUT2D eigenvalue weighted by molar-refractivity contribution is -0.122. The number of amides is 1. The molecule has 7 heteroatoms. The van der Waals surface area contributed by atoms with Crippen molar-refractivity contribution < 1.29 is 9.90 Å². The lowest BCUT2D eigenvalue weighted by Gasteiger charge is -2.30. The first-order valence-electron chi connectivity index (χ1n) is 9.30. The van der Waals surface area contributed by atoms with E-state index in [0.29, 0.717) is 13.1 Å². The van der Waals surface area contributed by atoms with E-state index < -0.39 is 6.10 Å². The van der Waals surface area contributed by atoms with Gasteiger partial charge in [-0.05, 0) is 23.6 Å². The molecular weight excluding hydrogens is 397 g/mol. The number of β-amino-alcohol motifs (C(OH)–C–C–N with tert-alkyl or cyclic N) is 1. The van der Waals surface area contributed by atoms with Crippen LogP contribution in [0.3, 0.4) is 0 Å². The number of hydrogen-bond acceptors (Lipinski definition) is 4. The van der Waals surface area contributed by atoms with E-state index >= 15 is 0 Å². The van der Waals surface area contributed by atoms with Crippen molar-refractivity contribution >= 4 is 36.4 Å². The third-order valence-corrected chi connectivity index (χ3v) is 5.44. The number of hydrogen-bond donors (Lipinski definition) is 3. The maximum atomic E-state index is 13.1. The number of halogens is 2. The molecule has 2 aromatic carbocycles. The zero-order chi connectivity index (χ0) is 17.9. The van der Waals surface area contributed by atoms with Crippen molar-refractivity contribution in [1.82, 2.24) is 10.6 Å². The van der Waals surface area contributed by atoms with Crippen LogP contribution in [0.4, 0.5) is 5.69 Å². The molecule has 0 bridgehead atoms. The Morgan fingerprint density at radius 2 is 1.82 bits per heavy atom. The second kappa shape index (κ2) is 10.1. The Balaban J connectivity index is 0.00000140. The Bertz CT molecular complexity index is 775. The molecule has 3 atom stereocenters. The summed E-state index contributed by atoms with van der Waals surface area (Å²) in [5.74, 6) is 0.0632. The molecule has 2 aromatic rings. The van der Waals surface area contributed by atoms with Crippen LogP contribution in [0.1, 0.15) is 17.2 Å². The Hall–Kier alpha value is -1.79. The fourth-order valence-electron chi connectivity index (χ4n) is 4.00. The molecule has 4 rings (SSSR count). The number of aliphatic hydroxyl groups excluding tert-OH is 1. The molecule has 5 nitrogen and oxygen atoms in total. The Labute approximate surface area is 178 Å². The first-order valence-corrected chi connectivity index (χ1v) is 9.30. The predicted molar refractivity (Wildman–Crippen MR) is 117 cm³/mol. The second-order valence-electron chi connectivity index (χ2n) is 7.12. The summed E-state index contributed by atoms with van der Waals surface area (Å²) in [5.41, 5.74) is 3.42. The number of carbonyl (C=O) groups is 1. The molecule has 1 saturated heterocycles. The van der Waals surface area contributed by atoms with E-state index in [0.717, 1.165) is 30.8 Å². The summed E-state index contributed by atoms with van der Waals surface area (Å²) in [6.07, 6.45) is 0.566. The molecule has 2 aliphatic heterocycles. The van der Waals surface area contributed by atoms with E-state index in [1.54, 1.807) is 0 Å². The molecule has 0 radical (unpaired) electrons. The lowest BCUT2D eigenvalue weighted by atomic mass is 10.0. The third-order valence-electron chi connectivity index (χ3n) is 5.44. The normalized spacial score (nSPS) is 21.2. The van der Waals surface area contributed by atoms with E-state index in [-0.39, 0.29) is 42.7 Å². The van der Waals surface area contributed by atoms with Gasteiger partial charge >= 0.3 is 0 Å². The van der Waals surface area contributed by atoms with Gasteiger partial charge in [0.05, 0.1) is 6.10 Å². The summed E-state index contributed by atoms with van der Waals surface area (Å²) in [5, 5.41) is 16.2. The molecule has 2 aliphatic rings. The van der Waals surface area contributed by atoms with Crippen LogP contribution in [-0.4, -0.2) is 43.3 Å². The SMILES string of the molecule is Cl.Cl.O=C(NCC1CNCC1O)C(c1ccccc1)N1CCc2ccccc21. The van der Waals surface area contributed by atoms with Crippen molar-refractivity contribution in [2.24, 2.45) is 5.92 Å². The van der Waals surface area contributed by atoms with Crippen LogP contribution in [0.15, 0.2) is 54.6 Å². The molecule has 0 aliphatic carbocycles. The van der Waals surface area contributed by atoms with E-state index in [9.17, 15) is 9.90 Å². The lowest BCUT2D eigenvalue weighted by Crippen LogP contribution is -2.43. The van der Waals surface area contributed by atoms with E-state index in [1.165, 1.54) is 5.56 Å². The van der Waals surface area contributed by atoms with Crippen LogP contribution < -0.4 is 15.5 Å². The van der Waals surface area contributed by atoms with Crippen LogP contribution in [0, 0.1) is 5.92 Å². The van der Waals surface area contributed by atoms with Gasteiger partial charge in [-0.3, -0.25) is 4.79 Å². The maximum Gasteiger partial charge on any atom is 0.247 e. The molecule has 0 aromatic heterocycles. The zero-order valence-electron chi connectivity index (χ0n) is 15.6. The van der Waals surface area contributed by atoms with Gasteiger partial charge in [-0.25, -0.2) is 0 Å². The highest BCUT2D eigenvalue weighted by atomic mass is 35.5. The number of nitrogens with zero attached hydrogens (tertiary/aromatic N) is 1. The predicted octanol–water partition coefficient (Wildman–Crippen LogP) is 2.33. The summed E-state index contributed by atoms with van der Waals surface area (Å²) >= 11 is 0. The van der Waals surface area contributed by atoms with Crippen molar-refractivity contribution in [1.29, 1.82) is 0 Å². The smallest absolute Gasteiger partial charge is 0.247 e. The molecule has 0 saturated carbocycles. The fourth-order valence-corrected chi connectivity index (χ4v) is 4.00. The molecule has 3 unspecified atom stereocenters. The van der Waals surface area contributed by atoms with Gasteiger partial charge in [0, 0.05) is 37.8 Å². The molecule has 1 amide bonds. The largest absolute Gasteiger partial charge is 0.391 e. The van der Waals surface area contributed by atoms with Crippen molar-refractivity contribution in [3.8, 4) is 0 Å². The van der Waals surface area contributed by atoms with E-state index in [2.05, 4.69) is 33.7 Å². The molecule has 152 valence electrons. The number of nitrogens with one attached hydrogen (secondary N) is 2. The Morgan fingerprint density at radius 1 is 1.11 bits per heavy atom. The Morgan fingerprint density at radius 3 is 2.54 bits per heavy atom. The molecular formula is C21H27Cl2N3O2. The van der Waals surface area contributed by atoms with Gasteiger partial charge in [-0.15, -0.1) is 24.8 Å². The maximum absolute atomic E-state index is 13.1. The van der Waals surface area contributed by atoms with Gasteiger partial charge in [0.15, 0.2) is 0 Å². The number of rotatable bonds is 5. The Kier molecular flexibility index (Phi) is 8.13. The van der Waals surface area contributed by atoms with Crippen LogP contribution >= 0.6 is 24.8 Å². The van der Waals surface area contributed by atoms with Gasteiger partial charge in [0.1, 0.15) is 6.04 Å². The van der Waals surface area contributed by atoms with Crippen LogP contribution in [0.2, 0.25) is 0 Å². The summed E-state index contributed by atoms with van der Waals surface area (Å²) < 4.78 is 0. The standard InChI is InChI=1S/C21H25N3O2.2ClH/c25-19-14-22-12-17(19)13-23-21(26)20(16-7-2-1-3-8-16)24-11-10-15-6-4-5-9-18(15)24;;/h1-9,17,19-20,22,25H,10-14H2,(H,23,26);2*1H. The van der Waals surface area contributed by atoms with Crippen LogP contribution in [0.25, 0.3) is 0 Å². The quantitative estimate of drug-likeness (QED) is 0.690. The topological polar surface area (TPSA) is 64.6 Å². The van der Waals surface area contributed by atoms with E-state index in [1.807, 2.05) is 36.4 Å². The van der Waals surface area contributed by atoms with Crippen molar-refractivity contribution in [3.05, 3.63) is 65.7 Å². The number of aliphatic hydroxyl groups is 1. The zero-order valence-corrected chi connectivity index (χ0v) is 17.2. The highest BCUT2D eigenvalue weighted by Gasteiger charge is 2.33. The van der Waals surface area contributed by atoms with E-state index in [4.69, 9.17) is 0 Å². The molecule has 0 spiro atoms. The van der Waals surface area contributed by atoms with Crippen LogP contribution in [-0.2, 0) is 11.2 Å². The first kappa shape index (κ1) is 22.5. The molecule has 28 heavy (non-hydrogen) atoms. The minimum absolute atomic E-state index is 0. The number of fused-ring (bicyclic) bond motifs is 1. The summed E-state index contributed by atoms with van der Waals surface area (Å²) in [4.78, 5) is 15.3. The summed E-state index contributed by atoms with van der Waals surface area (Å²) in [6.45, 7) is 2.66. The third kappa shape index (κ3) is 4.61. The van der Waals surface area contributed by atoms with Crippen molar-refractivity contribution in [2.75, 3.05) is 31.1 Å². The van der Waals surface area contributed by atoms with Gasteiger partial charge in [0.25, 0.3) is 0 Å². The van der Waals surface area contributed by atoms with Crippen LogP contribution in [0.5, 0.6) is 0 Å². The molecule has 3 N–H and O–H groups in total. The first-order chi connectivity index (χ1) is 12.7. The number of benzene rings is 2. The second-order valence-corrected chi connectivity index (χ2v) is 7.12. The molecule has 1 fully saturated rings.